The van der Waals surface area contributed by atoms with Crippen molar-refractivity contribution in [3.8, 4) is 0 Å². The van der Waals surface area contributed by atoms with Gasteiger partial charge in [-0.25, -0.2) is 0 Å². The van der Waals surface area contributed by atoms with Gasteiger partial charge in [-0.1, -0.05) is 48.5 Å². The highest BCUT2D eigenvalue weighted by atomic mass is 32.2. The number of carbonyl (C=O) groups excluding carboxylic acids is 3. The topological polar surface area (TPSA) is 98.7 Å². The summed E-state index contributed by atoms with van der Waals surface area (Å²) in [5.74, 6) is -1.82. The molecular weight excluding hydrogens is 486 g/mol. The van der Waals surface area contributed by atoms with Crippen LogP contribution in [0.25, 0.3) is 10.8 Å². The lowest BCUT2D eigenvalue weighted by atomic mass is 9.70. The van der Waals surface area contributed by atoms with Crippen molar-refractivity contribution in [2.75, 3.05) is 17.2 Å². The highest BCUT2D eigenvalue weighted by molar-refractivity contribution is 8.02. The Morgan fingerprint density at radius 2 is 1.70 bits per heavy atom. The van der Waals surface area contributed by atoms with Crippen molar-refractivity contribution in [2.45, 2.75) is 41.8 Å². The molecule has 2 bridgehead atoms. The summed E-state index contributed by atoms with van der Waals surface area (Å²) >= 11 is 1.62. The van der Waals surface area contributed by atoms with Crippen LogP contribution >= 0.6 is 11.8 Å². The molecule has 6 rings (SSSR count). The molecule has 2 unspecified atom stereocenters. The second-order valence-corrected chi connectivity index (χ2v) is 11.8. The number of aliphatic hydroxyl groups excluding tert-OH is 1. The summed E-state index contributed by atoms with van der Waals surface area (Å²) in [5, 5.41) is 18.1. The van der Waals surface area contributed by atoms with E-state index < -0.39 is 28.7 Å². The van der Waals surface area contributed by atoms with E-state index in [2.05, 4.69) is 10.6 Å². The monoisotopic (exact) mass is 515 g/mol. The zero-order chi connectivity index (χ0) is 25.7. The van der Waals surface area contributed by atoms with E-state index in [9.17, 15) is 19.5 Å². The fraction of sp³-hybridized carbons (Fsp3) is 0.345. The standard InChI is InChI=1S/C29H29N3O4S/c1-17(16-33)32-25(27(35)31-21-12-11-18-7-5-6-8-19(18)15-21)29-14-13-22(37-29)23(24(29)28(32)36)26(34)30-20-9-3-2-4-10-20/h2-12,15,17,22-25,33H,13-14,16H2,1H3,(H,30,34)(H,31,35)/t17-,22+,23-,24+,25?,29?/m1/s1. The first-order chi connectivity index (χ1) is 17.9. The molecule has 190 valence electrons. The van der Waals surface area contributed by atoms with E-state index >= 15 is 0 Å². The Morgan fingerprint density at radius 1 is 1.00 bits per heavy atom. The number of hydrogen-bond acceptors (Lipinski definition) is 5. The van der Waals surface area contributed by atoms with Gasteiger partial charge < -0.3 is 20.6 Å². The van der Waals surface area contributed by atoms with E-state index in [4.69, 9.17) is 0 Å². The maximum Gasteiger partial charge on any atom is 0.248 e. The quantitative estimate of drug-likeness (QED) is 0.463. The van der Waals surface area contributed by atoms with Crippen LogP contribution in [0.1, 0.15) is 19.8 Å². The van der Waals surface area contributed by atoms with Crippen molar-refractivity contribution in [2.24, 2.45) is 11.8 Å². The number of nitrogens with zero attached hydrogens (tertiary/aromatic N) is 1. The molecule has 3 N–H and O–H groups in total. The summed E-state index contributed by atoms with van der Waals surface area (Å²) < 4.78 is -0.704. The Labute approximate surface area is 219 Å². The summed E-state index contributed by atoms with van der Waals surface area (Å²) in [6.07, 6.45) is 1.45. The van der Waals surface area contributed by atoms with Gasteiger partial charge in [0.1, 0.15) is 6.04 Å². The van der Waals surface area contributed by atoms with Gasteiger partial charge in [0.15, 0.2) is 0 Å². The van der Waals surface area contributed by atoms with Gasteiger partial charge >= 0.3 is 0 Å². The first kappa shape index (κ1) is 24.0. The predicted molar refractivity (Wildman–Crippen MR) is 145 cm³/mol. The molecule has 0 radical (unpaired) electrons. The van der Waals surface area contributed by atoms with E-state index in [0.717, 1.165) is 17.2 Å². The molecule has 37 heavy (non-hydrogen) atoms. The first-order valence-electron chi connectivity index (χ1n) is 12.7. The molecule has 3 heterocycles. The van der Waals surface area contributed by atoms with E-state index in [0.29, 0.717) is 17.8 Å². The van der Waals surface area contributed by atoms with Gasteiger partial charge in [-0.2, -0.15) is 0 Å². The Hall–Kier alpha value is -3.36. The number of rotatable bonds is 6. The van der Waals surface area contributed by atoms with Crippen LogP contribution in [0, 0.1) is 11.8 Å². The van der Waals surface area contributed by atoms with Crippen molar-refractivity contribution in [3.63, 3.8) is 0 Å². The van der Waals surface area contributed by atoms with Gasteiger partial charge in [0.05, 0.1) is 29.2 Å². The fourth-order valence-electron chi connectivity index (χ4n) is 6.48. The molecule has 0 aromatic heterocycles. The minimum absolute atomic E-state index is 0.0276. The number of hydrogen-bond donors (Lipinski definition) is 3. The third kappa shape index (κ3) is 3.81. The highest BCUT2D eigenvalue weighted by Gasteiger charge is 2.74. The number of para-hydroxylation sites is 1. The smallest absolute Gasteiger partial charge is 0.248 e. The third-order valence-electron chi connectivity index (χ3n) is 8.09. The Kier molecular flexibility index (Phi) is 5.96. The SMILES string of the molecule is C[C@H](CO)N1C(=O)[C@@H]2[C@H](C(=O)Nc3ccccc3)[C@@H]3CCC2(S3)C1C(=O)Nc1ccc2ccccc2c1. The van der Waals surface area contributed by atoms with Gasteiger partial charge in [-0.15, -0.1) is 11.8 Å². The molecule has 3 amide bonds. The van der Waals surface area contributed by atoms with Gasteiger partial charge in [-0.3, -0.25) is 14.4 Å². The molecule has 3 aliphatic rings. The third-order valence-corrected chi connectivity index (χ3v) is 10.0. The van der Waals surface area contributed by atoms with Crippen LogP contribution in [0.5, 0.6) is 0 Å². The molecule has 3 fully saturated rings. The molecule has 0 aliphatic carbocycles. The van der Waals surface area contributed by atoms with Crippen LogP contribution in [0.4, 0.5) is 11.4 Å². The number of thioether (sulfide) groups is 1. The van der Waals surface area contributed by atoms with Crippen molar-refractivity contribution < 1.29 is 19.5 Å². The number of amides is 3. The van der Waals surface area contributed by atoms with Crippen molar-refractivity contribution in [3.05, 3.63) is 72.8 Å². The Balaban J connectivity index is 1.33. The molecule has 3 aromatic rings. The summed E-state index contributed by atoms with van der Waals surface area (Å²) in [7, 11) is 0. The van der Waals surface area contributed by atoms with Gasteiger partial charge in [0.2, 0.25) is 17.7 Å². The second kappa shape index (κ2) is 9.19. The average molecular weight is 516 g/mol. The van der Waals surface area contributed by atoms with Crippen LogP contribution in [-0.2, 0) is 14.4 Å². The van der Waals surface area contributed by atoms with Crippen LogP contribution in [-0.4, -0.2) is 56.4 Å². The lowest BCUT2D eigenvalue weighted by molar-refractivity contribution is -0.140. The predicted octanol–water partition coefficient (Wildman–Crippen LogP) is 3.89. The van der Waals surface area contributed by atoms with E-state index in [1.165, 1.54) is 0 Å². The lowest BCUT2D eigenvalue weighted by Gasteiger charge is -2.36. The number of benzene rings is 3. The summed E-state index contributed by atoms with van der Waals surface area (Å²) in [6.45, 7) is 1.49. The van der Waals surface area contributed by atoms with Crippen molar-refractivity contribution in [1.82, 2.24) is 4.90 Å². The van der Waals surface area contributed by atoms with Crippen LogP contribution in [0.3, 0.4) is 0 Å². The zero-order valence-corrected chi connectivity index (χ0v) is 21.3. The number of nitrogens with one attached hydrogen (secondary N) is 2. The van der Waals surface area contributed by atoms with E-state index in [1.807, 2.05) is 72.8 Å². The molecule has 3 aromatic carbocycles. The summed E-state index contributed by atoms with van der Waals surface area (Å²) in [4.78, 5) is 42.9. The Morgan fingerprint density at radius 3 is 2.46 bits per heavy atom. The van der Waals surface area contributed by atoms with Gasteiger partial charge in [-0.05, 0) is 54.8 Å². The molecule has 1 spiro atoms. The molecule has 3 aliphatic heterocycles. The molecular formula is C29H29N3O4S. The largest absolute Gasteiger partial charge is 0.394 e. The normalized spacial score (nSPS) is 28.8. The lowest BCUT2D eigenvalue weighted by Crippen LogP contribution is -2.54. The minimum Gasteiger partial charge on any atom is -0.394 e. The first-order valence-corrected chi connectivity index (χ1v) is 13.6. The molecule has 3 saturated heterocycles. The highest BCUT2D eigenvalue weighted by Crippen LogP contribution is 2.66. The summed E-state index contributed by atoms with van der Waals surface area (Å²) in [6, 6.07) is 21.6. The molecule has 8 heteroatoms. The molecule has 7 nitrogen and oxygen atoms in total. The van der Waals surface area contributed by atoms with Crippen LogP contribution in [0.2, 0.25) is 0 Å². The Bertz CT molecular complexity index is 1380. The fourth-order valence-corrected chi connectivity index (χ4v) is 8.68. The maximum absolute atomic E-state index is 13.9. The number of likely N-dealkylation sites (tertiary alicyclic amines) is 1. The van der Waals surface area contributed by atoms with Crippen molar-refractivity contribution >= 4 is 51.6 Å². The number of aliphatic hydroxyl groups is 1. The van der Waals surface area contributed by atoms with Crippen LogP contribution in [0.15, 0.2) is 72.8 Å². The van der Waals surface area contributed by atoms with E-state index in [1.54, 1.807) is 23.6 Å². The maximum atomic E-state index is 13.9. The van der Waals surface area contributed by atoms with Gasteiger partial charge in [0, 0.05) is 16.6 Å². The van der Waals surface area contributed by atoms with Crippen molar-refractivity contribution in [1.29, 1.82) is 0 Å². The minimum atomic E-state index is -0.775. The number of fused-ring (bicyclic) bond motifs is 2. The van der Waals surface area contributed by atoms with E-state index in [-0.39, 0.29) is 29.6 Å². The number of anilines is 2. The zero-order valence-electron chi connectivity index (χ0n) is 20.5. The molecule has 6 atom stereocenters. The number of carbonyl (C=O) groups is 3. The molecule has 0 saturated carbocycles. The van der Waals surface area contributed by atoms with Gasteiger partial charge in [0.25, 0.3) is 0 Å². The second-order valence-electron chi connectivity index (χ2n) is 10.2. The summed E-state index contributed by atoms with van der Waals surface area (Å²) in [5.41, 5.74) is 1.34. The van der Waals surface area contributed by atoms with Crippen LogP contribution < -0.4 is 10.6 Å². The average Bonchev–Trinajstić information content (AvgIpc) is 3.56.